The number of hydrogen-bond acceptors (Lipinski definition) is 5. The number of rotatable bonds is 5. The Bertz CT molecular complexity index is 365. The molecule has 0 radical (unpaired) electrons. The summed E-state index contributed by atoms with van der Waals surface area (Å²) < 4.78 is 25.7. The van der Waals surface area contributed by atoms with Crippen molar-refractivity contribution in [2.45, 2.75) is 0 Å². The van der Waals surface area contributed by atoms with Gasteiger partial charge in [-0.15, -0.1) is 0 Å². The summed E-state index contributed by atoms with van der Waals surface area (Å²) in [5.41, 5.74) is 0.506. The lowest BCUT2D eigenvalue weighted by Crippen LogP contribution is -1.97. The maximum absolute atomic E-state index is 11.5. The van der Waals surface area contributed by atoms with E-state index in [9.17, 15) is 9.36 Å². The lowest BCUT2D eigenvalue weighted by atomic mass is 10.2. The fourth-order valence-corrected chi connectivity index (χ4v) is 1.56. The van der Waals surface area contributed by atoms with Crippen LogP contribution in [0.15, 0.2) is 24.3 Å². The SMILES string of the molecule is COP(=O)(OC)Oc1ccc(C=O)cc1. The van der Waals surface area contributed by atoms with Gasteiger partial charge in [0.25, 0.3) is 0 Å². The summed E-state index contributed by atoms with van der Waals surface area (Å²) in [7, 11) is -1.06. The molecule has 15 heavy (non-hydrogen) atoms. The molecule has 0 N–H and O–H groups in total. The van der Waals surface area contributed by atoms with Crippen molar-refractivity contribution in [3.05, 3.63) is 29.8 Å². The highest BCUT2D eigenvalue weighted by atomic mass is 31.2. The van der Waals surface area contributed by atoms with Crippen molar-refractivity contribution in [3.8, 4) is 5.75 Å². The monoisotopic (exact) mass is 230 g/mol. The summed E-state index contributed by atoms with van der Waals surface area (Å²) in [6.45, 7) is 0. The zero-order valence-electron chi connectivity index (χ0n) is 8.38. The Labute approximate surface area is 87.6 Å². The van der Waals surface area contributed by atoms with Gasteiger partial charge in [0.15, 0.2) is 0 Å². The summed E-state index contributed by atoms with van der Waals surface area (Å²) in [5.74, 6) is 0.313. The van der Waals surface area contributed by atoms with Crippen molar-refractivity contribution in [3.63, 3.8) is 0 Å². The molecule has 1 aromatic carbocycles. The van der Waals surface area contributed by atoms with Crippen molar-refractivity contribution in [1.29, 1.82) is 0 Å². The van der Waals surface area contributed by atoms with Gasteiger partial charge in [0.1, 0.15) is 12.0 Å². The van der Waals surface area contributed by atoms with E-state index in [1.165, 1.54) is 38.5 Å². The normalized spacial score (nSPS) is 11.1. The van der Waals surface area contributed by atoms with Crippen LogP contribution in [0, 0.1) is 0 Å². The Hall–Kier alpha value is -1.16. The van der Waals surface area contributed by atoms with Gasteiger partial charge >= 0.3 is 7.82 Å². The van der Waals surface area contributed by atoms with E-state index in [-0.39, 0.29) is 0 Å². The smallest absolute Gasteiger partial charge is 0.404 e. The molecule has 0 atom stereocenters. The molecular formula is C9H11O5P. The van der Waals surface area contributed by atoms with Gasteiger partial charge in [0, 0.05) is 19.8 Å². The topological polar surface area (TPSA) is 61.8 Å². The van der Waals surface area contributed by atoms with E-state index in [1.54, 1.807) is 0 Å². The molecule has 0 spiro atoms. The number of carbonyl (C=O) groups is 1. The lowest BCUT2D eigenvalue weighted by molar-refractivity contribution is 0.112. The van der Waals surface area contributed by atoms with Crippen molar-refractivity contribution in [2.75, 3.05) is 14.2 Å². The quantitative estimate of drug-likeness (QED) is 0.573. The molecule has 5 nitrogen and oxygen atoms in total. The van der Waals surface area contributed by atoms with Crippen LogP contribution in [-0.4, -0.2) is 20.5 Å². The number of aldehydes is 1. The average Bonchev–Trinajstić information content (AvgIpc) is 2.30. The van der Waals surface area contributed by atoms with Crippen LogP contribution in [0.25, 0.3) is 0 Å². The number of carbonyl (C=O) groups excluding carboxylic acids is 1. The molecule has 0 heterocycles. The third-order valence-electron chi connectivity index (χ3n) is 1.68. The molecule has 0 fully saturated rings. The molecule has 1 aromatic rings. The van der Waals surface area contributed by atoms with Gasteiger partial charge in [-0.3, -0.25) is 13.8 Å². The molecule has 0 aliphatic carbocycles. The Morgan fingerprint density at radius 3 is 2.07 bits per heavy atom. The highest BCUT2D eigenvalue weighted by Crippen LogP contribution is 2.47. The summed E-state index contributed by atoms with van der Waals surface area (Å²) in [5, 5.41) is 0. The van der Waals surface area contributed by atoms with E-state index in [4.69, 9.17) is 4.52 Å². The number of hydrogen-bond donors (Lipinski definition) is 0. The summed E-state index contributed by atoms with van der Waals surface area (Å²) in [6.07, 6.45) is 0.704. The Morgan fingerprint density at radius 1 is 1.13 bits per heavy atom. The predicted octanol–water partition coefficient (Wildman–Crippen LogP) is 2.28. The first-order chi connectivity index (χ1) is 7.13. The van der Waals surface area contributed by atoms with Gasteiger partial charge in [0.2, 0.25) is 0 Å². The highest BCUT2D eigenvalue weighted by molar-refractivity contribution is 7.48. The largest absolute Gasteiger partial charge is 0.529 e. The first-order valence-electron chi connectivity index (χ1n) is 4.10. The van der Waals surface area contributed by atoms with Crippen molar-refractivity contribution < 1.29 is 22.9 Å². The predicted molar refractivity (Wildman–Crippen MR) is 54.1 cm³/mol. The Balaban J connectivity index is 2.80. The molecule has 0 aromatic heterocycles. The van der Waals surface area contributed by atoms with Crippen LogP contribution in [0.4, 0.5) is 0 Å². The van der Waals surface area contributed by atoms with Gasteiger partial charge in [-0.05, 0) is 24.3 Å². The van der Waals surface area contributed by atoms with E-state index in [1.807, 2.05) is 0 Å². The third-order valence-corrected chi connectivity index (χ3v) is 3.01. The van der Waals surface area contributed by atoms with Gasteiger partial charge in [-0.1, -0.05) is 0 Å². The van der Waals surface area contributed by atoms with E-state index in [0.29, 0.717) is 17.6 Å². The van der Waals surface area contributed by atoms with Gasteiger partial charge in [-0.25, -0.2) is 4.57 Å². The van der Waals surface area contributed by atoms with Gasteiger partial charge in [0.05, 0.1) is 0 Å². The third kappa shape index (κ3) is 3.16. The number of benzene rings is 1. The van der Waals surface area contributed by atoms with Crippen LogP contribution in [0.2, 0.25) is 0 Å². The molecule has 0 aliphatic rings. The fraction of sp³-hybridized carbons (Fsp3) is 0.222. The summed E-state index contributed by atoms with van der Waals surface area (Å²) in [6, 6.07) is 6.10. The number of phosphoric ester groups is 1. The van der Waals surface area contributed by atoms with Crippen LogP contribution in [-0.2, 0) is 13.6 Å². The summed E-state index contributed by atoms with van der Waals surface area (Å²) in [4.78, 5) is 10.4. The highest BCUT2D eigenvalue weighted by Gasteiger charge is 2.24. The van der Waals surface area contributed by atoms with Crippen LogP contribution < -0.4 is 4.52 Å². The lowest BCUT2D eigenvalue weighted by Gasteiger charge is -2.13. The van der Waals surface area contributed by atoms with E-state index in [2.05, 4.69) is 9.05 Å². The maximum atomic E-state index is 11.5. The van der Waals surface area contributed by atoms with Crippen LogP contribution in [0.1, 0.15) is 10.4 Å². The molecule has 0 bridgehead atoms. The first kappa shape index (κ1) is 11.9. The second-order valence-corrected chi connectivity index (χ2v) is 4.40. The molecule has 0 saturated heterocycles. The number of phosphoric acid groups is 1. The molecular weight excluding hydrogens is 219 g/mol. The fourth-order valence-electron chi connectivity index (χ4n) is 0.885. The molecule has 82 valence electrons. The average molecular weight is 230 g/mol. The standard InChI is InChI=1S/C9H11O5P/c1-12-15(11,13-2)14-9-5-3-8(7-10)4-6-9/h3-7H,1-2H3. The van der Waals surface area contributed by atoms with Crippen molar-refractivity contribution >= 4 is 14.1 Å². The molecule has 0 aliphatic heterocycles. The van der Waals surface area contributed by atoms with Gasteiger partial charge in [-0.2, -0.15) is 0 Å². The van der Waals surface area contributed by atoms with Crippen LogP contribution in [0.5, 0.6) is 5.75 Å². The van der Waals surface area contributed by atoms with Crippen molar-refractivity contribution in [2.24, 2.45) is 0 Å². The van der Waals surface area contributed by atoms with E-state index >= 15 is 0 Å². The zero-order chi connectivity index (χ0) is 11.3. The minimum atomic E-state index is -3.51. The second kappa shape index (κ2) is 5.07. The molecule has 0 saturated carbocycles. The Kier molecular flexibility index (Phi) is 4.03. The van der Waals surface area contributed by atoms with Crippen LogP contribution in [0.3, 0.4) is 0 Å². The Morgan fingerprint density at radius 2 is 1.67 bits per heavy atom. The summed E-state index contributed by atoms with van der Waals surface area (Å²) >= 11 is 0. The van der Waals surface area contributed by atoms with E-state index in [0.717, 1.165) is 0 Å². The molecule has 6 heteroatoms. The van der Waals surface area contributed by atoms with Crippen molar-refractivity contribution in [1.82, 2.24) is 0 Å². The first-order valence-corrected chi connectivity index (χ1v) is 5.56. The molecule has 0 amide bonds. The van der Waals surface area contributed by atoms with E-state index < -0.39 is 7.82 Å². The minimum absolute atomic E-state index is 0.313. The second-order valence-electron chi connectivity index (χ2n) is 2.59. The zero-order valence-corrected chi connectivity index (χ0v) is 9.27. The minimum Gasteiger partial charge on any atom is -0.404 e. The van der Waals surface area contributed by atoms with Crippen LogP contribution >= 0.6 is 7.82 Å². The van der Waals surface area contributed by atoms with Gasteiger partial charge < -0.3 is 4.52 Å². The molecule has 0 unspecified atom stereocenters. The maximum Gasteiger partial charge on any atom is 0.529 e. The molecule has 1 rings (SSSR count).